The Hall–Kier alpha value is -0.570. The third kappa shape index (κ3) is 3.49. The lowest BCUT2D eigenvalue weighted by molar-refractivity contribution is -0.126. The van der Waals surface area contributed by atoms with Crippen LogP contribution in [-0.2, 0) is 4.79 Å². The molecule has 1 atom stereocenters. The first-order chi connectivity index (χ1) is 7.08. The van der Waals surface area contributed by atoms with Crippen molar-refractivity contribution in [3.63, 3.8) is 0 Å². The summed E-state index contributed by atoms with van der Waals surface area (Å²) in [5, 5.41) is 3.03. The van der Waals surface area contributed by atoms with Crippen LogP contribution in [0.1, 0.15) is 58.8 Å². The minimum absolute atomic E-state index is 0.0589. The zero-order valence-corrected chi connectivity index (χ0v) is 10.0. The molecule has 0 saturated heterocycles. The Morgan fingerprint density at radius 1 is 1.47 bits per heavy atom. The number of hydrogen-bond donors (Lipinski definition) is 2. The molecule has 1 saturated carbocycles. The molecule has 0 radical (unpaired) electrons. The van der Waals surface area contributed by atoms with Gasteiger partial charge in [-0.1, -0.05) is 32.6 Å². The number of hydrogen-bond acceptors (Lipinski definition) is 2. The van der Waals surface area contributed by atoms with E-state index in [4.69, 9.17) is 5.73 Å². The van der Waals surface area contributed by atoms with Crippen LogP contribution >= 0.6 is 0 Å². The molecule has 3 N–H and O–H groups in total. The van der Waals surface area contributed by atoms with Crippen molar-refractivity contribution in [3.05, 3.63) is 0 Å². The largest absolute Gasteiger partial charge is 0.352 e. The van der Waals surface area contributed by atoms with Crippen molar-refractivity contribution in [3.8, 4) is 0 Å². The van der Waals surface area contributed by atoms with E-state index < -0.39 is 5.54 Å². The first-order valence-corrected chi connectivity index (χ1v) is 6.18. The van der Waals surface area contributed by atoms with E-state index in [1.165, 1.54) is 12.8 Å². The molecule has 0 spiro atoms. The first-order valence-electron chi connectivity index (χ1n) is 6.18. The Morgan fingerprint density at radius 3 is 2.60 bits per heavy atom. The van der Waals surface area contributed by atoms with Gasteiger partial charge < -0.3 is 11.1 Å². The summed E-state index contributed by atoms with van der Waals surface area (Å²) in [6.45, 7) is 4.22. The van der Waals surface area contributed by atoms with Crippen molar-refractivity contribution >= 4 is 5.91 Å². The SMILES string of the molecule is CCCCC(C)NC(=O)C1(N)CCCC1. The van der Waals surface area contributed by atoms with Gasteiger partial charge in [0.2, 0.25) is 5.91 Å². The van der Waals surface area contributed by atoms with Gasteiger partial charge in [0.05, 0.1) is 5.54 Å². The molecule has 3 nitrogen and oxygen atoms in total. The third-order valence-electron chi connectivity index (χ3n) is 3.32. The summed E-state index contributed by atoms with van der Waals surface area (Å²) < 4.78 is 0. The fourth-order valence-electron chi connectivity index (χ4n) is 2.18. The maximum Gasteiger partial charge on any atom is 0.240 e. The predicted octanol–water partition coefficient (Wildman–Crippen LogP) is 1.95. The second-order valence-electron chi connectivity index (χ2n) is 4.88. The Kier molecular flexibility index (Phi) is 4.58. The molecular weight excluding hydrogens is 188 g/mol. The number of unbranched alkanes of at least 4 members (excludes halogenated alkanes) is 1. The summed E-state index contributed by atoms with van der Waals surface area (Å²) in [5.74, 6) is 0.0589. The molecule has 1 rings (SSSR count). The highest BCUT2D eigenvalue weighted by Gasteiger charge is 2.37. The number of carbonyl (C=O) groups is 1. The zero-order chi connectivity index (χ0) is 11.3. The maximum atomic E-state index is 11.9. The van der Waals surface area contributed by atoms with Gasteiger partial charge in [-0.05, 0) is 26.2 Å². The van der Waals surface area contributed by atoms with Crippen molar-refractivity contribution in [2.75, 3.05) is 0 Å². The van der Waals surface area contributed by atoms with Crippen LogP contribution in [0.25, 0.3) is 0 Å². The summed E-state index contributed by atoms with van der Waals surface area (Å²) >= 11 is 0. The number of rotatable bonds is 5. The molecule has 1 aliphatic carbocycles. The summed E-state index contributed by atoms with van der Waals surface area (Å²) in [7, 11) is 0. The predicted molar refractivity (Wildman–Crippen MR) is 62.5 cm³/mol. The molecule has 0 aromatic rings. The Morgan fingerprint density at radius 2 is 2.07 bits per heavy atom. The highest BCUT2D eigenvalue weighted by Crippen LogP contribution is 2.27. The van der Waals surface area contributed by atoms with Crippen LogP contribution in [0.2, 0.25) is 0 Å². The topological polar surface area (TPSA) is 55.1 Å². The lowest BCUT2D eigenvalue weighted by Crippen LogP contribution is -2.53. The highest BCUT2D eigenvalue weighted by molar-refractivity contribution is 5.86. The van der Waals surface area contributed by atoms with Crippen LogP contribution in [0, 0.1) is 0 Å². The second-order valence-corrected chi connectivity index (χ2v) is 4.88. The molecule has 0 aliphatic heterocycles. The Bertz CT molecular complexity index is 210. The van der Waals surface area contributed by atoms with Gasteiger partial charge in [-0.3, -0.25) is 4.79 Å². The Labute approximate surface area is 92.8 Å². The van der Waals surface area contributed by atoms with Crippen LogP contribution in [0.4, 0.5) is 0 Å². The molecule has 1 fully saturated rings. The highest BCUT2D eigenvalue weighted by atomic mass is 16.2. The fraction of sp³-hybridized carbons (Fsp3) is 0.917. The molecule has 1 unspecified atom stereocenters. The fourth-order valence-corrected chi connectivity index (χ4v) is 2.18. The summed E-state index contributed by atoms with van der Waals surface area (Å²) in [4.78, 5) is 11.9. The van der Waals surface area contributed by atoms with E-state index >= 15 is 0 Å². The normalized spacial score (nSPS) is 21.3. The van der Waals surface area contributed by atoms with Gasteiger partial charge in [0.25, 0.3) is 0 Å². The molecule has 0 heterocycles. The summed E-state index contributed by atoms with van der Waals surface area (Å²) in [6.07, 6.45) is 7.27. The lowest BCUT2D eigenvalue weighted by atomic mass is 9.97. The molecule has 3 heteroatoms. The van der Waals surface area contributed by atoms with Crippen molar-refractivity contribution in [2.24, 2.45) is 5.73 Å². The zero-order valence-electron chi connectivity index (χ0n) is 10.0. The smallest absolute Gasteiger partial charge is 0.240 e. The quantitative estimate of drug-likeness (QED) is 0.732. The lowest BCUT2D eigenvalue weighted by Gasteiger charge is -2.25. The van der Waals surface area contributed by atoms with E-state index in [9.17, 15) is 4.79 Å². The maximum absolute atomic E-state index is 11.9. The molecule has 88 valence electrons. The Balaban J connectivity index is 2.34. The van der Waals surface area contributed by atoms with E-state index in [0.717, 1.165) is 32.1 Å². The van der Waals surface area contributed by atoms with Gasteiger partial charge in [-0.25, -0.2) is 0 Å². The standard InChI is InChI=1S/C12H24N2O/c1-3-4-7-10(2)14-11(15)12(13)8-5-6-9-12/h10H,3-9,13H2,1-2H3,(H,14,15). The monoisotopic (exact) mass is 212 g/mol. The van der Waals surface area contributed by atoms with Crippen molar-refractivity contribution in [2.45, 2.75) is 70.4 Å². The van der Waals surface area contributed by atoms with Gasteiger partial charge in [-0.2, -0.15) is 0 Å². The van der Waals surface area contributed by atoms with Crippen LogP contribution in [0.3, 0.4) is 0 Å². The van der Waals surface area contributed by atoms with Gasteiger partial charge in [0.1, 0.15) is 0 Å². The van der Waals surface area contributed by atoms with E-state index in [0.29, 0.717) is 0 Å². The van der Waals surface area contributed by atoms with Crippen LogP contribution < -0.4 is 11.1 Å². The van der Waals surface area contributed by atoms with Gasteiger partial charge >= 0.3 is 0 Å². The van der Waals surface area contributed by atoms with Gasteiger partial charge in [-0.15, -0.1) is 0 Å². The number of amides is 1. The van der Waals surface area contributed by atoms with E-state index in [2.05, 4.69) is 19.2 Å². The van der Waals surface area contributed by atoms with Crippen LogP contribution in [0.15, 0.2) is 0 Å². The van der Waals surface area contributed by atoms with Gasteiger partial charge in [0.15, 0.2) is 0 Å². The molecule has 15 heavy (non-hydrogen) atoms. The van der Waals surface area contributed by atoms with Crippen molar-refractivity contribution in [1.82, 2.24) is 5.32 Å². The van der Waals surface area contributed by atoms with Crippen LogP contribution in [-0.4, -0.2) is 17.5 Å². The number of nitrogens with two attached hydrogens (primary N) is 1. The van der Waals surface area contributed by atoms with E-state index in [1.807, 2.05) is 0 Å². The molecular formula is C12H24N2O. The van der Waals surface area contributed by atoms with Crippen LogP contribution in [0.5, 0.6) is 0 Å². The molecule has 0 bridgehead atoms. The molecule has 1 amide bonds. The van der Waals surface area contributed by atoms with Crippen molar-refractivity contribution in [1.29, 1.82) is 0 Å². The number of nitrogens with one attached hydrogen (secondary N) is 1. The third-order valence-corrected chi connectivity index (χ3v) is 3.32. The molecule has 1 aliphatic rings. The molecule has 0 aromatic carbocycles. The second kappa shape index (κ2) is 5.50. The first kappa shape index (κ1) is 12.5. The van der Waals surface area contributed by atoms with E-state index in [-0.39, 0.29) is 11.9 Å². The number of carbonyl (C=O) groups excluding carboxylic acids is 1. The van der Waals surface area contributed by atoms with E-state index in [1.54, 1.807) is 0 Å². The minimum Gasteiger partial charge on any atom is -0.352 e. The minimum atomic E-state index is -0.569. The summed E-state index contributed by atoms with van der Waals surface area (Å²) in [5.41, 5.74) is 5.50. The van der Waals surface area contributed by atoms with Crippen molar-refractivity contribution < 1.29 is 4.79 Å². The summed E-state index contributed by atoms with van der Waals surface area (Å²) in [6, 6.07) is 0.262. The average molecular weight is 212 g/mol. The van der Waals surface area contributed by atoms with Gasteiger partial charge in [0, 0.05) is 6.04 Å². The molecule has 0 aromatic heterocycles. The average Bonchev–Trinajstić information content (AvgIpc) is 2.63.